The number of hydroxylamine groups is 2. The topological polar surface area (TPSA) is 90.2 Å². The lowest BCUT2D eigenvalue weighted by Crippen LogP contribution is -2.32. The van der Waals surface area contributed by atoms with Crippen molar-refractivity contribution in [1.82, 2.24) is 14.4 Å². The van der Waals surface area contributed by atoms with Crippen molar-refractivity contribution in [2.75, 3.05) is 0 Å². The summed E-state index contributed by atoms with van der Waals surface area (Å²) in [7, 11) is 0. The molecule has 0 unspecified atom stereocenters. The van der Waals surface area contributed by atoms with Crippen LogP contribution in [0.4, 0.5) is 0 Å². The Balaban J connectivity index is 1.33. The Labute approximate surface area is 176 Å². The number of fused-ring (bicyclic) bond motifs is 2. The zero-order valence-electron chi connectivity index (χ0n) is 16.1. The van der Waals surface area contributed by atoms with Gasteiger partial charge < -0.3 is 14.0 Å². The molecule has 0 fully saturated rings. The van der Waals surface area contributed by atoms with Gasteiger partial charge in [-0.15, -0.1) is 0 Å². The zero-order chi connectivity index (χ0) is 21.4. The fourth-order valence-electron chi connectivity index (χ4n) is 3.35. The molecule has 1 aliphatic rings. The van der Waals surface area contributed by atoms with Crippen LogP contribution in [0.5, 0.6) is 5.75 Å². The SMILES string of the molecule is O=C(ON1C(=O)c2ccccc2C1=O)c1ccccc1OCc1cn2ccccc2n1. The van der Waals surface area contributed by atoms with E-state index in [9.17, 15) is 14.4 Å². The number of rotatable bonds is 5. The Kier molecular flexibility index (Phi) is 4.44. The van der Waals surface area contributed by atoms with E-state index in [0.29, 0.717) is 10.8 Å². The molecule has 3 heterocycles. The van der Waals surface area contributed by atoms with Gasteiger partial charge in [0.05, 0.1) is 16.8 Å². The van der Waals surface area contributed by atoms with Crippen LogP contribution in [0.1, 0.15) is 36.8 Å². The fourth-order valence-corrected chi connectivity index (χ4v) is 3.35. The van der Waals surface area contributed by atoms with Crippen LogP contribution in [0.3, 0.4) is 0 Å². The maximum absolute atomic E-state index is 12.7. The van der Waals surface area contributed by atoms with Gasteiger partial charge in [0.15, 0.2) is 0 Å². The summed E-state index contributed by atoms with van der Waals surface area (Å²) >= 11 is 0. The van der Waals surface area contributed by atoms with E-state index in [1.54, 1.807) is 30.3 Å². The molecule has 0 aliphatic carbocycles. The van der Waals surface area contributed by atoms with Gasteiger partial charge in [0.25, 0.3) is 11.8 Å². The number of ether oxygens (including phenoxy) is 1. The molecule has 0 bridgehead atoms. The third-order valence-electron chi connectivity index (χ3n) is 4.83. The molecule has 0 saturated heterocycles. The van der Waals surface area contributed by atoms with E-state index < -0.39 is 17.8 Å². The Morgan fingerprint density at radius 2 is 1.55 bits per heavy atom. The number of para-hydroxylation sites is 1. The second-order valence-corrected chi connectivity index (χ2v) is 6.81. The van der Waals surface area contributed by atoms with Gasteiger partial charge in [0.2, 0.25) is 0 Å². The van der Waals surface area contributed by atoms with Gasteiger partial charge in [-0.25, -0.2) is 9.78 Å². The number of aromatic nitrogens is 2. The van der Waals surface area contributed by atoms with E-state index in [0.717, 1.165) is 5.65 Å². The molecule has 4 aromatic rings. The summed E-state index contributed by atoms with van der Waals surface area (Å²) in [6, 6.07) is 18.4. The first-order chi connectivity index (χ1) is 15.1. The second-order valence-electron chi connectivity index (χ2n) is 6.81. The van der Waals surface area contributed by atoms with Gasteiger partial charge in [-0.1, -0.05) is 35.4 Å². The lowest BCUT2D eigenvalue weighted by Gasteiger charge is -2.14. The first-order valence-electron chi connectivity index (χ1n) is 9.46. The summed E-state index contributed by atoms with van der Waals surface area (Å²) in [5.41, 5.74) is 1.92. The average molecular weight is 413 g/mol. The van der Waals surface area contributed by atoms with Crippen LogP contribution in [0.25, 0.3) is 5.65 Å². The molecule has 5 rings (SSSR count). The predicted octanol–water partition coefficient (Wildman–Crippen LogP) is 3.28. The normalized spacial score (nSPS) is 12.8. The highest BCUT2D eigenvalue weighted by Gasteiger charge is 2.39. The number of benzene rings is 2. The maximum atomic E-state index is 12.7. The van der Waals surface area contributed by atoms with Crippen LogP contribution < -0.4 is 4.74 Å². The standard InChI is InChI=1S/C23H15N3O5/c27-21-16-7-1-2-8-17(16)22(28)26(21)31-23(29)18-9-3-4-10-19(18)30-14-15-13-25-12-6-5-11-20(25)24-15/h1-13H,14H2. The molecule has 1 aliphatic heterocycles. The molecule has 0 atom stereocenters. The van der Waals surface area contributed by atoms with Gasteiger partial charge >= 0.3 is 5.97 Å². The summed E-state index contributed by atoms with van der Waals surface area (Å²) in [5, 5.41) is 0.478. The number of nitrogens with zero attached hydrogens (tertiary/aromatic N) is 3. The lowest BCUT2D eigenvalue weighted by atomic mass is 10.1. The Hall–Kier alpha value is -4.46. The number of carbonyl (C=O) groups is 3. The Bertz CT molecular complexity index is 1280. The molecule has 8 nitrogen and oxygen atoms in total. The molecule has 152 valence electrons. The molecule has 0 spiro atoms. The minimum absolute atomic E-state index is 0.0859. The number of pyridine rings is 1. The number of hydrogen-bond acceptors (Lipinski definition) is 6. The smallest absolute Gasteiger partial charge is 0.367 e. The van der Waals surface area contributed by atoms with E-state index in [1.165, 1.54) is 18.2 Å². The zero-order valence-corrected chi connectivity index (χ0v) is 16.1. The van der Waals surface area contributed by atoms with Gasteiger partial charge in [0.1, 0.15) is 23.6 Å². The molecule has 31 heavy (non-hydrogen) atoms. The van der Waals surface area contributed by atoms with Crippen LogP contribution in [0.2, 0.25) is 0 Å². The Morgan fingerprint density at radius 3 is 2.29 bits per heavy atom. The molecule has 2 amide bonds. The molecule has 0 N–H and O–H groups in total. The number of amides is 2. The molecule has 8 heteroatoms. The highest BCUT2D eigenvalue weighted by Crippen LogP contribution is 2.25. The summed E-state index contributed by atoms with van der Waals surface area (Å²) in [5.74, 6) is -1.99. The molecule has 2 aromatic heterocycles. The largest absolute Gasteiger partial charge is 0.486 e. The lowest BCUT2D eigenvalue weighted by molar-refractivity contribution is -0.0586. The van der Waals surface area contributed by atoms with E-state index in [2.05, 4.69) is 4.98 Å². The molecular formula is C23H15N3O5. The number of hydrogen-bond donors (Lipinski definition) is 0. The van der Waals surface area contributed by atoms with Crippen LogP contribution >= 0.6 is 0 Å². The second kappa shape index (κ2) is 7.42. The Morgan fingerprint density at radius 1 is 0.871 bits per heavy atom. The van der Waals surface area contributed by atoms with Crippen LogP contribution in [-0.2, 0) is 11.4 Å². The quantitative estimate of drug-likeness (QED) is 0.467. The predicted molar refractivity (Wildman–Crippen MR) is 108 cm³/mol. The molecule has 0 radical (unpaired) electrons. The first-order valence-corrected chi connectivity index (χ1v) is 9.46. The van der Waals surface area contributed by atoms with Crippen LogP contribution in [0.15, 0.2) is 79.1 Å². The van der Waals surface area contributed by atoms with Crippen LogP contribution in [0, 0.1) is 0 Å². The third-order valence-corrected chi connectivity index (χ3v) is 4.83. The van der Waals surface area contributed by atoms with E-state index in [1.807, 2.05) is 35.0 Å². The van der Waals surface area contributed by atoms with Crippen molar-refractivity contribution >= 4 is 23.4 Å². The molecule has 2 aromatic carbocycles. The van der Waals surface area contributed by atoms with Crippen LogP contribution in [-0.4, -0.2) is 32.2 Å². The number of imidazole rings is 1. The summed E-state index contributed by atoms with van der Waals surface area (Å²) in [4.78, 5) is 47.2. The molecule has 0 saturated carbocycles. The average Bonchev–Trinajstić information content (AvgIpc) is 3.32. The summed E-state index contributed by atoms with van der Waals surface area (Å²) in [6.07, 6.45) is 3.70. The summed E-state index contributed by atoms with van der Waals surface area (Å²) in [6.45, 7) is 0.124. The van der Waals surface area contributed by atoms with Crippen molar-refractivity contribution in [3.05, 3.63) is 102 Å². The van der Waals surface area contributed by atoms with E-state index >= 15 is 0 Å². The first kappa shape index (κ1) is 18.6. The highest BCUT2D eigenvalue weighted by atomic mass is 16.7. The summed E-state index contributed by atoms with van der Waals surface area (Å²) < 4.78 is 7.65. The van der Waals surface area contributed by atoms with Gasteiger partial charge in [0, 0.05) is 12.4 Å². The third kappa shape index (κ3) is 3.29. The van der Waals surface area contributed by atoms with Crippen molar-refractivity contribution in [2.45, 2.75) is 6.61 Å². The van der Waals surface area contributed by atoms with Crippen molar-refractivity contribution in [1.29, 1.82) is 0 Å². The van der Waals surface area contributed by atoms with Gasteiger partial charge in [-0.05, 0) is 36.4 Å². The highest BCUT2D eigenvalue weighted by molar-refractivity contribution is 6.21. The monoisotopic (exact) mass is 413 g/mol. The van der Waals surface area contributed by atoms with Gasteiger partial charge in [-0.3, -0.25) is 9.59 Å². The maximum Gasteiger partial charge on any atom is 0.367 e. The van der Waals surface area contributed by atoms with Gasteiger partial charge in [-0.2, -0.15) is 0 Å². The molecular weight excluding hydrogens is 398 g/mol. The van der Waals surface area contributed by atoms with E-state index in [-0.39, 0.29) is 29.0 Å². The van der Waals surface area contributed by atoms with Crippen molar-refractivity contribution in [3.63, 3.8) is 0 Å². The van der Waals surface area contributed by atoms with E-state index in [4.69, 9.17) is 9.57 Å². The number of imide groups is 1. The van der Waals surface area contributed by atoms with Crippen molar-refractivity contribution in [2.24, 2.45) is 0 Å². The minimum atomic E-state index is -0.875. The van der Waals surface area contributed by atoms with Crippen molar-refractivity contribution < 1.29 is 24.0 Å². The number of carbonyl (C=O) groups excluding carboxylic acids is 3. The minimum Gasteiger partial charge on any atom is -0.486 e. The van der Waals surface area contributed by atoms with Crippen molar-refractivity contribution in [3.8, 4) is 5.75 Å². The fraction of sp³-hybridized carbons (Fsp3) is 0.0435.